The molecule has 2 aromatic heterocycles. The molecule has 144 valence electrons. The van der Waals surface area contributed by atoms with Crippen LogP contribution in [-0.2, 0) is 19.6 Å². The minimum atomic E-state index is -0.243. The zero-order chi connectivity index (χ0) is 18.5. The third kappa shape index (κ3) is 4.65. The summed E-state index contributed by atoms with van der Waals surface area (Å²) in [6, 6.07) is 14.8. The van der Waals surface area contributed by atoms with E-state index in [2.05, 4.69) is 49.3 Å². The van der Waals surface area contributed by atoms with E-state index in [0.717, 1.165) is 29.9 Å². The van der Waals surface area contributed by atoms with Gasteiger partial charge in [-0.2, -0.15) is 5.10 Å². The molecule has 2 aromatic carbocycles. The molecule has 0 unspecified atom stereocenters. The lowest BCUT2D eigenvalue weighted by molar-refractivity contribution is 0.628. The molecular weight excluding hydrogens is 377 g/mol. The van der Waals surface area contributed by atoms with E-state index in [1.54, 1.807) is 18.3 Å². The van der Waals surface area contributed by atoms with Gasteiger partial charge in [-0.3, -0.25) is 5.10 Å². The van der Waals surface area contributed by atoms with Gasteiger partial charge in [0.25, 0.3) is 0 Å². The normalized spacial score (nSPS) is 10.6. The Morgan fingerprint density at radius 1 is 0.964 bits per heavy atom. The maximum absolute atomic E-state index is 13.1. The first kappa shape index (κ1) is 19.8. The lowest BCUT2D eigenvalue weighted by Crippen LogP contribution is -2.15. The number of aromatic amines is 1. The Kier molecular flexibility index (Phi) is 6.57. The van der Waals surface area contributed by atoms with Crippen molar-refractivity contribution in [2.45, 2.75) is 19.6 Å². The first-order chi connectivity index (χ1) is 13.3. The minimum Gasteiger partial charge on any atom is -0.333 e. The Bertz CT molecular complexity index is 996. The number of benzene rings is 2. The summed E-state index contributed by atoms with van der Waals surface area (Å²) in [6.07, 6.45) is 7.38. The second kappa shape index (κ2) is 9.30. The van der Waals surface area contributed by atoms with Crippen molar-refractivity contribution in [3.05, 3.63) is 96.0 Å². The van der Waals surface area contributed by atoms with Crippen LogP contribution < -0.4 is 5.32 Å². The molecule has 0 aliphatic carbocycles. The third-order valence-corrected chi connectivity index (χ3v) is 4.51. The number of hydrogen-bond acceptors (Lipinski definition) is 3. The fourth-order valence-electron chi connectivity index (χ4n) is 3.10. The van der Waals surface area contributed by atoms with Crippen LogP contribution >= 0.6 is 12.4 Å². The first-order valence-corrected chi connectivity index (χ1v) is 8.81. The van der Waals surface area contributed by atoms with E-state index in [4.69, 9.17) is 0 Å². The van der Waals surface area contributed by atoms with Crippen LogP contribution in [0.2, 0.25) is 0 Å². The summed E-state index contributed by atoms with van der Waals surface area (Å²) in [7, 11) is 0. The number of H-pyrrole nitrogens is 1. The van der Waals surface area contributed by atoms with Crippen molar-refractivity contribution in [2.24, 2.45) is 0 Å². The molecule has 0 radical (unpaired) electrons. The molecule has 28 heavy (non-hydrogen) atoms. The van der Waals surface area contributed by atoms with E-state index >= 15 is 0 Å². The summed E-state index contributed by atoms with van der Waals surface area (Å²) in [5.74, 6) is -0.243. The van der Waals surface area contributed by atoms with Crippen molar-refractivity contribution in [3.8, 4) is 11.3 Å². The summed E-state index contributed by atoms with van der Waals surface area (Å²) in [6.45, 7) is 2.21. The van der Waals surface area contributed by atoms with E-state index < -0.39 is 0 Å². The van der Waals surface area contributed by atoms with E-state index in [1.165, 1.54) is 23.3 Å². The van der Waals surface area contributed by atoms with Gasteiger partial charge < -0.3 is 9.88 Å². The van der Waals surface area contributed by atoms with Gasteiger partial charge >= 0.3 is 0 Å². The van der Waals surface area contributed by atoms with Crippen molar-refractivity contribution in [2.75, 3.05) is 0 Å². The van der Waals surface area contributed by atoms with Gasteiger partial charge in [0.2, 0.25) is 0 Å². The van der Waals surface area contributed by atoms with Crippen LogP contribution in [0.25, 0.3) is 11.3 Å². The second-order valence-electron chi connectivity index (χ2n) is 6.38. The maximum Gasteiger partial charge on any atom is 0.123 e. The van der Waals surface area contributed by atoms with Gasteiger partial charge in [0, 0.05) is 43.2 Å². The predicted molar refractivity (Wildman–Crippen MR) is 110 cm³/mol. The molecule has 2 N–H and O–H groups in total. The largest absolute Gasteiger partial charge is 0.333 e. The highest BCUT2D eigenvalue weighted by Gasteiger charge is 2.08. The molecule has 7 heteroatoms. The average Bonchev–Trinajstić information content (AvgIpc) is 3.36. The number of rotatable bonds is 7. The van der Waals surface area contributed by atoms with Gasteiger partial charge in [-0.15, -0.1) is 12.4 Å². The molecular formula is C21H21ClFN5. The maximum atomic E-state index is 13.1. The van der Waals surface area contributed by atoms with Crippen LogP contribution in [0.15, 0.2) is 73.4 Å². The van der Waals surface area contributed by atoms with E-state index in [1.807, 2.05) is 18.7 Å². The molecule has 0 spiro atoms. The van der Waals surface area contributed by atoms with Gasteiger partial charge in [-0.25, -0.2) is 9.37 Å². The van der Waals surface area contributed by atoms with Gasteiger partial charge in [0.1, 0.15) is 5.82 Å². The SMILES string of the molecule is Cl.Fc1ccc(-c2[nH]ncc2CNCc2ccccc2Cn2ccnc2)cc1. The zero-order valence-corrected chi connectivity index (χ0v) is 16.0. The second-order valence-corrected chi connectivity index (χ2v) is 6.38. The molecule has 0 bridgehead atoms. The summed E-state index contributed by atoms with van der Waals surface area (Å²) in [5.41, 5.74) is 5.39. The molecule has 0 saturated carbocycles. The lowest BCUT2D eigenvalue weighted by atomic mass is 10.1. The van der Waals surface area contributed by atoms with Gasteiger partial charge in [0.15, 0.2) is 0 Å². The van der Waals surface area contributed by atoms with Crippen LogP contribution in [-0.4, -0.2) is 19.7 Å². The smallest absolute Gasteiger partial charge is 0.123 e. The summed E-state index contributed by atoms with van der Waals surface area (Å²) >= 11 is 0. The Hall–Kier alpha value is -2.96. The van der Waals surface area contributed by atoms with Gasteiger partial charge in [-0.1, -0.05) is 24.3 Å². The fourth-order valence-corrected chi connectivity index (χ4v) is 3.10. The molecule has 5 nitrogen and oxygen atoms in total. The zero-order valence-electron chi connectivity index (χ0n) is 15.2. The average molecular weight is 398 g/mol. The van der Waals surface area contributed by atoms with E-state index in [0.29, 0.717) is 6.54 Å². The summed E-state index contributed by atoms with van der Waals surface area (Å²) in [5, 5.41) is 10.6. The Morgan fingerprint density at radius 2 is 1.71 bits per heavy atom. The lowest BCUT2D eigenvalue weighted by Gasteiger charge is -2.11. The van der Waals surface area contributed by atoms with Crippen molar-refractivity contribution >= 4 is 12.4 Å². The quantitative estimate of drug-likeness (QED) is 0.492. The highest BCUT2D eigenvalue weighted by atomic mass is 35.5. The number of halogens is 2. The van der Waals surface area contributed by atoms with E-state index in [9.17, 15) is 4.39 Å². The topological polar surface area (TPSA) is 58.5 Å². The third-order valence-electron chi connectivity index (χ3n) is 4.51. The molecule has 0 amide bonds. The Balaban J connectivity index is 0.00000225. The predicted octanol–water partition coefficient (Wildman–Crippen LogP) is 4.17. The van der Waals surface area contributed by atoms with Crippen molar-refractivity contribution in [3.63, 3.8) is 0 Å². The standard InChI is InChI=1S/C21H20FN5.ClH/c22-20-7-5-16(6-8-20)21-19(13-25-26-21)12-24-11-17-3-1-2-4-18(17)14-27-10-9-23-15-27;/h1-10,13,15,24H,11-12,14H2,(H,25,26);1H. The minimum absolute atomic E-state index is 0. The summed E-state index contributed by atoms with van der Waals surface area (Å²) < 4.78 is 15.2. The molecule has 4 rings (SSSR count). The molecule has 4 aromatic rings. The molecule has 0 fully saturated rings. The van der Waals surface area contributed by atoms with Crippen LogP contribution in [0.5, 0.6) is 0 Å². The molecule has 0 atom stereocenters. The van der Waals surface area contributed by atoms with Crippen LogP contribution in [0.4, 0.5) is 4.39 Å². The molecule has 0 saturated heterocycles. The van der Waals surface area contributed by atoms with Crippen LogP contribution in [0.1, 0.15) is 16.7 Å². The van der Waals surface area contributed by atoms with Gasteiger partial charge in [0.05, 0.1) is 18.2 Å². The fraction of sp³-hybridized carbons (Fsp3) is 0.143. The monoisotopic (exact) mass is 397 g/mol. The number of nitrogens with zero attached hydrogens (tertiary/aromatic N) is 3. The van der Waals surface area contributed by atoms with Crippen molar-refractivity contribution < 1.29 is 4.39 Å². The number of aromatic nitrogens is 4. The molecule has 0 aliphatic heterocycles. The highest BCUT2D eigenvalue weighted by Crippen LogP contribution is 2.21. The number of imidazole rings is 1. The Labute approximate surface area is 169 Å². The van der Waals surface area contributed by atoms with Crippen LogP contribution in [0, 0.1) is 5.82 Å². The van der Waals surface area contributed by atoms with Crippen molar-refractivity contribution in [1.29, 1.82) is 0 Å². The highest BCUT2D eigenvalue weighted by molar-refractivity contribution is 5.85. The molecule has 0 aliphatic rings. The number of hydrogen-bond donors (Lipinski definition) is 2. The van der Waals surface area contributed by atoms with E-state index in [-0.39, 0.29) is 18.2 Å². The van der Waals surface area contributed by atoms with Crippen molar-refractivity contribution in [1.82, 2.24) is 25.1 Å². The first-order valence-electron chi connectivity index (χ1n) is 8.81. The molecule has 2 heterocycles. The Morgan fingerprint density at radius 3 is 2.46 bits per heavy atom. The number of nitrogens with one attached hydrogen (secondary N) is 2. The van der Waals surface area contributed by atoms with Gasteiger partial charge in [-0.05, 0) is 35.4 Å². The summed E-state index contributed by atoms with van der Waals surface area (Å²) in [4.78, 5) is 4.10. The van der Waals surface area contributed by atoms with Crippen LogP contribution in [0.3, 0.4) is 0 Å².